The monoisotopic (exact) mass is 428 g/mol. The van der Waals surface area contributed by atoms with Crippen LogP contribution >= 0.6 is 0 Å². The fourth-order valence-electron chi connectivity index (χ4n) is 4.02. The molecule has 0 radical (unpaired) electrons. The number of carbonyl (C=O) groups is 1. The summed E-state index contributed by atoms with van der Waals surface area (Å²) < 4.78 is 27.0. The molecule has 6 heteroatoms. The highest BCUT2D eigenvalue weighted by molar-refractivity contribution is 7.88. The molecule has 5 nitrogen and oxygen atoms in total. The summed E-state index contributed by atoms with van der Waals surface area (Å²) in [4.78, 5) is 12.5. The maximum absolute atomic E-state index is 12.7. The Balaban J connectivity index is 1.41. The predicted octanol–water partition coefficient (Wildman–Crippen LogP) is 3.59. The summed E-state index contributed by atoms with van der Waals surface area (Å²) in [6, 6.07) is 16.0. The number of sulfonamides is 1. The Kier molecular flexibility index (Phi) is 7.67. The minimum absolute atomic E-state index is 0.0184. The highest BCUT2D eigenvalue weighted by Crippen LogP contribution is 2.22. The summed E-state index contributed by atoms with van der Waals surface area (Å²) in [5, 5.41) is 3.03. The van der Waals surface area contributed by atoms with Crippen LogP contribution < -0.4 is 5.32 Å². The molecule has 1 heterocycles. The Morgan fingerprint density at radius 2 is 1.60 bits per heavy atom. The van der Waals surface area contributed by atoms with E-state index in [0.717, 1.165) is 24.0 Å². The van der Waals surface area contributed by atoms with Gasteiger partial charge in [-0.1, -0.05) is 59.7 Å². The van der Waals surface area contributed by atoms with Gasteiger partial charge in [-0.3, -0.25) is 4.79 Å². The number of nitrogens with one attached hydrogen (secondary N) is 1. The Bertz CT molecular complexity index is 964. The number of benzene rings is 2. The normalized spacial score (nSPS) is 15.8. The van der Waals surface area contributed by atoms with E-state index in [-0.39, 0.29) is 17.6 Å². The second-order valence-corrected chi connectivity index (χ2v) is 10.3. The Morgan fingerprint density at radius 1 is 1.00 bits per heavy atom. The van der Waals surface area contributed by atoms with E-state index in [1.165, 1.54) is 15.4 Å². The van der Waals surface area contributed by atoms with E-state index in [1.807, 2.05) is 31.2 Å². The number of hydrogen-bond acceptors (Lipinski definition) is 3. The third-order valence-electron chi connectivity index (χ3n) is 5.67. The number of rotatable bonds is 8. The van der Waals surface area contributed by atoms with Gasteiger partial charge in [-0.05, 0) is 50.7 Å². The summed E-state index contributed by atoms with van der Waals surface area (Å²) in [5.74, 6) is -0.0332. The van der Waals surface area contributed by atoms with Gasteiger partial charge in [0.05, 0.1) is 5.75 Å². The molecule has 0 aromatic heterocycles. The average Bonchev–Trinajstić information content (AvgIpc) is 2.71. The third kappa shape index (κ3) is 6.41. The Hall–Kier alpha value is -2.18. The van der Waals surface area contributed by atoms with Crippen molar-refractivity contribution in [2.45, 2.75) is 45.3 Å². The standard InChI is InChI=1S/C24H32N2O3S/c1-19-6-3-8-21(16-19)10-5-13-25-24(27)23-11-14-26(15-12-23)30(28,29)18-22-9-4-7-20(2)17-22/h3-4,6-9,16-17,23H,5,10-15,18H2,1-2H3,(H,25,27). The van der Waals surface area contributed by atoms with Crippen LogP contribution in [0.4, 0.5) is 0 Å². The zero-order valence-corrected chi connectivity index (χ0v) is 18.7. The van der Waals surface area contributed by atoms with Crippen LogP contribution in [0.2, 0.25) is 0 Å². The van der Waals surface area contributed by atoms with E-state index in [9.17, 15) is 13.2 Å². The predicted molar refractivity (Wildman–Crippen MR) is 121 cm³/mol. The summed E-state index contributed by atoms with van der Waals surface area (Å²) in [6.45, 7) is 5.52. The van der Waals surface area contributed by atoms with Crippen molar-refractivity contribution in [3.63, 3.8) is 0 Å². The van der Waals surface area contributed by atoms with Crippen LogP contribution in [0.15, 0.2) is 48.5 Å². The smallest absolute Gasteiger partial charge is 0.223 e. The molecule has 0 saturated carbocycles. The molecule has 0 unspecified atom stereocenters. The number of aryl methyl sites for hydroxylation is 3. The van der Waals surface area contributed by atoms with Crippen LogP contribution in [-0.2, 0) is 27.0 Å². The maximum atomic E-state index is 12.7. The zero-order chi connectivity index (χ0) is 21.6. The van der Waals surface area contributed by atoms with Gasteiger partial charge in [0.2, 0.25) is 15.9 Å². The van der Waals surface area contributed by atoms with Gasteiger partial charge in [0, 0.05) is 25.6 Å². The number of piperidine rings is 1. The van der Waals surface area contributed by atoms with Gasteiger partial charge < -0.3 is 5.32 Å². The number of nitrogens with zero attached hydrogens (tertiary/aromatic N) is 1. The molecule has 2 aromatic carbocycles. The molecule has 3 rings (SSSR count). The Morgan fingerprint density at radius 3 is 2.23 bits per heavy atom. The fraction of sp³-hybridized carbons (Fsp3) is 0.458. The number of hydrogen-bond donors (Lipinski definition) is 1. The maximum Gasteiger partial charge on any atom is 0.223 e. The third-order valence-corrected chi connectivity index (χ3v) is 7.52. The molecule has 0 bridgehead atoms. The van der Waals surface area contributed by atoms with Crippen molar-refractivity contribution in [1.82, 2.24) is 9.62 Å². The molecule has 1 aliphatic rings. The van der Waals surface area contributed by atoms with Crippen LogP contribution in [0.3, 0.4) is 0 Å². The van der Waals surface area contributed by atoms with E-state index in [4.69, 9.17) is 0 Å². The Labute approximate surface area is 180 Å². The molecule has 0 atom stereocenters. The van der Waals surface area contributed by atoms with Crippen LogP contribution in [0.5, 0.6) is 0 Å². The molecule has 30 heavy (non-hydrogen) atoms. The van der Waals surface area contributed by atoms with Crippen LogP contribution in [-0.4, -0.2) is 38.3 Å². The first kappa shape index (κ1) is 22.5. The van der Waals surface area contributed by atoms with E-state index < -0.39 is 10.0 Å². The molecule has 1 fully saturated rings. The first-order chi connectivity index (χ1) is 14.3. The quantitative estimate of drug-likeness (QED) is 0.654. The summed E-state index contributed by atoms with van der Waals surface area (Å²) >= 11 is 0. The molecule has 1 saturated heterocycles. The first-order valence-corrected chi connectivity index (χ1v) is 12.3. The highest BCUT2D eigenvalue weighted by atomic mass is 32.2. The molecular formula is C24H32N2O3S. The number of amides is 1. The molecule has 0 spiro atoms. The molecule has 2 aromatic rings. The van der Waals surface area contributed by atoms with Crippen molar-refractivity contribution in [3.05, 3.63) is 70.8 Å². The SMILES string of the molecule is Cc1cccc(CCCNC(=O)C2CCN(S(=O)(=O)Cc3cccc(C)c3)CC2)c1. The van der Waals surface area contributed by atoms with E-state index in [0.29, 0.717) is 32.5 Å². The van der Waals surface area contributed by atoms with Crippen molar-refractivity contribution in [1.29, 1.82) is 0 Å². The van der Waals surface area contributed by atoms with Crippen LogP contribution in [0.1, 0.15) is 41.5 Å². The molecule has 0 aliphatic carbocycles. The molecule has 1 N–H and O–H groups in total. The number of carbonyl (C=O) groups excluding carboxylic acids is 1. The second kappa shape index (κ2) is 10.2. The summed E-state index contributed by atoms with van der Waals surface area (Å²) in [7, 11) is -3.36. The lowest BCUT2D eigenvalue weighted by Crippen LogP contribution is -2.43. The van der Waals surface area contributed by atoms with Gasteiger partial charge in [0.25, 0.3) is 0 Å². The van der Waals surface area contributed by atoms with Gasteiger partial charge in [-0.2, -0.15) is 0 Å². The fourth-order valence-corrected chi connectivity index (χ4v) is 5.57. The second-order valence-electron chi connectivity index (χ2n) is 8.30. The van der Waals surface area contributed by atoms with Crippen LogP contribution in [0.25, 0.3) is 0 Å². The average molecular weight is 429 g/mol. The highest BCUT2D eigenvalue weighted by Gasteiger charge is 2.31. The van der Waals surface area contributed by atoms with Gasteiger partial charge >= 0.3 is 0 Å². The zero-order valence-electron chi connectivity index (χ0n) is 17.9. The lowest BCUT2D eigenvalue weighted by atomic mass is 9.97. The largest absolute Gasteiger partial charge is 0.356 e. The summed E-state index contributed by atoms with van der Waals surface area (Å²) in [5.41, 5.74) is 4.40. The lowest BCUT2D eigenvalue weighted by Gasteiger charge is -2.30. The molecular weight excluding hydrogens is 396 g/mol. The van der Waals surface area contributed by atoms with Gasteiger partial charge in [0.15, 0.2) is 0 Å². The molecule has 1 amide bonds. The van der Waals surface area contributed by atoms with Crippen molar-refractivity contribution >= 4 is 15.9 Å². The van der Waals surface area contributed by atoms with Crippen molar-refractivity contribution in [2.24, 2.45) is 5.92 Å². The first-order valence-electron chi connectivity index (χ1n) is 10.7. The molecule has 162 valence electrons. The van der Waals surface area contributed by atoms with Crippen molar-refractivity contribution in [3.8, 4) is 0 Å². The van der Waals surface area contributed by atoms with Gasteiger partial charge in [0.1, 0.15) is 0 Å². The van der Waals surface area contributed by atoms with Crippen molar-refractivity contribution in [2.75, 3.05) is 19.6 Å². The lowest BCUT2D eigenvalue weighted by molar-refractivity contribution is -0.126. The van der Waals surface area contributed by atoms with E-state index in [2.05, 4.69) is 36.5 Å². The minimum Gasteiger partial charge on any atom is -0.356 e. The topological polar surface area (TPSA) is 66.5 Å². The van der Waals surface area contributed by atoms with E-state index >= 15 is 0 Å². The van der Waals surface area contributed by atoms with Gasteiger partial charge in [-0.25, -0.2) is 12.7 Å². The van der Waals surface area contributed by atoms with Crippen LogP contribution in [0, 0.1) is 19.8 Å². The minimum atomic E-state index is -3.36. The van der Waals surface area contributed by atoms with E-state index in [1.54, 1.807) is 0 Å². The summed E-state index contributed by atoms with van der Waals surface area (Å²) in [6.07, 6.45) is 3.00. The molecule has 1 aliphatic heterocycles. The van der Waals surface area contributed by atoms with Crippen molar-refractivity contribution < 1.29 is 13.2 Å². The van der Waals surface area contributed by atoms with Gasteiger partial charge in [-0.15, -0.1) is 0 Å².